The average molecular weight is 425 g/mol. The van der Waals surface area contributed by atoms with Gasteiger partial charge in [0.25, 0.3) is 5.91 Å². The Balaban J connectivity index is 1.42. The van der Waals surface area contributed by atoms with E-state index in [1.807, 2.05) is 6.07 Å². The highest BCUT2D eigenvalue weighted by Gasteiger charge is 2.42. The molecule has 5 rings (SSSR count). The number of hydrogen-bond acceptors (Lipinski definition) is 8. The number of fused-ring (bicyclic) bond motifs is 4. The number of allylic oxidation sites excluding steroid dienone is 2. The van der Waals surface area contributed by atoms with Gasteiger partial charge in [-0.1, -0.05) is 12.8 Å². The molecular weight excluding hydrogens is 396 g/mol. The second-order valence-electron chi connectivity index (χ2n) is 8.39. The van der Waals surface area contributed by atoms with Crippen LogP contribution < -0.4 is 22.1 Å². The standard InChI is InChI=1S/C21H28N8O2/c22-16(3-4-17(23)28-7-9-31-10-8-28)26-20-24-12-14-11-15-19(30)25-13-21(5-1-2-6-21)29(15)18(14)27-20/h3-4,11-12H,1-2,5-10,13,22-23H2,(H,25,30)(H,24,26,27)/b16-3+,17-4+. The Morgan fingerprint density at radius 1 is 1.23 bits per heavy atom. The molecule has 3 aliphatic rings. The van der Waals surface area contributed by atoms with E-state index in [4.69, 9.17) is 21.2 Å². The Morgan fingerprint density at radius 2 is 2.00 bits per heavy atom. The number of ether oxygens (including phenoxy) is 1. The van der Waals surface area contributed by atoms with Crippen molar-refractivity contribution < 1.29 is 9.53 Å². The molecule has 0 radical (unpaired) electrons. The number of anilines is 1. The zero-order valence-electron chi connectivity index (χ0n) is 17.4. The largest absolute Gasteiger partial charge is 0.385 e. The van der Waals surface area contributed by atoms with Crippen molar-refractivity contribution in [3.05, 3.63) is 41.8 Å². The number of hydrogen-bond donors (Lipinski definition) is 4. The lowest BCUT2D eigenvalue weighted by Crippen LogP contribution is -2.50. The smallest absolute Gasteiger partial charge is 0.268 e. The van der Waals surface area contributed by atoms with E-state index in [0.29, 0.717) is 43.0 Å². The summed E-state index contributed by atoms with van der Waals surface area (Å²) in [5.41, 5.74) is 13.6. The summed E-state index contributed by atoms with van der Waals surface area (Å²) in [5.74, 6) is 1.35. The molecule has 2 aromatic rings. The van der Waals surface area contributed by atoms with Crippen LogP contribution in [0.15, 0.2) is 36.1 Å². The van der Waals surface area contributed by atoms with Crippen LogP contribution in [0.3, 0.4) is 0 Å². The molecule has 31 heavy (non-hydrogen) atoms. The molecular formula is C21H28N8O2. The quantitative estimate of drug-likeness (QED) is 0.529. The summed E-state index contributed by atoms with van der Waals surface area (Å²) in [6.07, 6.45) is 9.57. The predicted molar refractivity (Wildman–Crippen MR) is 117 cm³/mol. The Morgan fingerprint density at radius 3 is 2.77 bits per heavy atom. The van der Waals surface area contributed by atoms with Gasteiger partial charge in [0.05, 0.1) is 24.6 Å². The van der Waals surface area contributed by atoms with Crippen molar-refractivity contribution in [3.63, 3.8) is 0 Å². The third-order valence-electron chi connectivity index (χ3n) is 6.43. The van der Waals surface area contributed by atoms with E-state index in [2.05, 4.69) is 25.1 Å². The fourth-order valence-corrected chi connectivity index (χ4v) is 4.82. The van der Waals surface area contributed by atoms with Gasteiger partial charge in [0.1, 0.15) is 17.2 Å². The molecule has 1 saturated carbocycles. The van der Waals surface area contributed by atoms with Gasteiger partial charge in [-0.15, -0.1) is 0 Å². The first-order valence-electron chi connectivity index (χ1n) is 10.8. The fourth-order valence-electron chi connectivity index (χ4n) is 4.82. The number of nitrogens with two attached hydrogens (primary N) is 2. The van der Waals surface area contributed by atoms with Crippen molar-refractivity contribution >= 4 is 22.9 Å². The van der Waals surface area contributed by atoms with E-state index < -0.39 is 0 Å². The Bertz CT molecular complexity index is 1060. The molecule has 6 N–H and O–H groups in total. The summed E-state index contributed by atoms with van der Waals surface area (Å²) >= 11 is 0. The summed E-state index contributed by atoms with van der Waals surface area (Å²) in [4.78, 5) is 23.6. The third-order valence-corrected chi connectivity index (χ3v) is 6.43. The number of nitrogens with one attached hydrogen (secondary N) is 2. The minimum atomic E-state index is -0.104. The monoisotopic (exact) mass is 424 g/mol. The van der Waals surface area contributed by atoms with Crippen molar-refractivity contribution in [2.75, 3.05) is 38.2 Å². The number of aromatic nitrogens is 3. The van der Waals surface area contributed by atoms with Gasteiger partial charge < -0.3 is 36.3 Å². The van der Waals surface area contributed by atoms with Gasteiger partial charge >= 0.3 is 0 Å². The topological polar surface area (TPSA) is 136 Å². The van der Waals surface area contributed by atoms with Crippen LogP contribution in [-0.4, -0.2) is 58.2 Å². The van der Waals surface area contributed by atoms with Gasteiger partial charge in [-0.05, 0) is 31.1 Å². The second kappa shape index (κ2) is 7.77. The van der Waals surface area contributed by atoms with Crippen molar-refractivity contribution in [1.82, 2.24) is 24.8 Å². The molecule has 0 bridgehead atoms. The van der Waals surface area contributed by atoms with Crippen molar-refractivity contribution in [2.45, 2.75) is 31.2 Å². The molecule has 0 atom stereocenters. The van der Waals surface area contributed by atoms with Gasteiger partial charge in [0.15, 0.2) is 0 Å². The third kappa shape index (κ3) is 3.56. The molecule has 2 aliphatic heterocycles. The van der Waals surface area contributed by atoms with Gasteiger partial charge in [0, 0.05) is 31.2 Å². The van der Waals surface area contributed by atoms with Gasteiger partial charge in [-0.25, -0.2) is 4.98 Å². The predicted octanol–water partition coefficient (Wildman–Crippen LogP) is 0.788. The number of nitrogens with zero attached hydrogens (tertiary/aromatic N) is 4. The molecule has 1 spiro atoms. The maximum absolute atomic E-state index is 12.5. The molecule has 1 amide bonds. The number of amides is 1. The summed E-state index contributed by atoms with van der Waals surface area (Å²) < 4.78 is 7.47. The minimum Gasteiger partial charge on any atom is -0.385 e. The van der Waals surface area contributed by atoms with E-state index in [9.17, 15) is 4.79 Å². The van der Waals surface area contributed by atoms with Crippen molar-refractivity contribution in [2.24, 2.45) is 11.5 Å². The van der Waals surface area contributed by atoms with Crippen LogP contribution in [0.2, 0.25) is 0 Å². The first-order chi connectivity index (χ1) is 15.1. The number of rotatable bonds is 4. The molecule has 1 saturated heterocycles. The van der Waals surface area contributed by atoms with E-state index in [-0.39, 0.29) is 11.4 Å². The average Bonchev–Trinajstić information content (AvgIpc) is 3.41. The van der Waals surface area contributed by atoms with Crippen LogP contribution in [0.1, 0.15) is 36.2 Å². The highest BCUT2D eigenvalue weighted by atomic mass is 16.5. The number of carbonyl (C=O) groups is 1. The number of carbonyl (C=O) groups excluding carboxylic acids is 1. The van der Waals surface area contributed by atoms with Crippen LogP contribution in [0.5, 0.6) is 0 Å². The molecule has 1 aliphatic carbocycles. The Kier molecular flexibility index (Phi) is 4.93. The Hall–Kier alpha value is -3.27. The molecule has 0 aromatic carbocycles. The summed E-state index contributed by atoms with van der Waals surface area (Å²) in [6, 6.07) is 1.87. The lowest BCUT2D eigenvalue weighted by Gasteiger charge is -2.37. The minimum absolute atomic E-state index is 0.0619. The van der Waals surface area contributed by atoms with Crippen LogP contribution >= 0.6 is 0 Å². The summed E-state index contributed by atoms with van der Waals surface area (Å²) in [5, 5.41) is 6.94. The van der Waals surface area contributed by atoms with E-state index >= 15 is 0 Å². The molecule has 4 heterocycles. The highest BCUT2D eigenvalue weighted by molar-refractivity contribution is 5.99. The number of morpholine rings is 1. The molecule has 2 aromatic heterocycles. The molecule has 10 nitrogen and oxygen atoms in total. The van der Waals surface area contributed by atoms with Crippen molar-refractivity contribution in [1.29, 1.82) is 0 Å². The van der Waals surface area contributed by atoms with Crippen molar-refractivity contribution in [3.8, 4) is 0 Å². The zero-order chi connectivity index (χ0) is 21.4. The van der Waals surface area contributed by atoms with Crippen LogP contribution in [0.25, 0.3) is 11.0 Å². The normalized spacial score (nSPS) is 21.4. The van der Waals surface area contributed by atoms with E-state index in [1.165, 1.54) is 0 Å². The second-order valence-corrected chi connectivity index (χ2v) is 8.39. The lowest BCUT2D eigenvalue weighted by atomic mass is 9.94. The van der Waals surface area contributed by atoms with E-state index in [1.54, 1.807) is 18.3 Å². The first kappa shape index (κ1) is 19.7. The summed E-state index contributed by atoms with van der Waals surface area (Å²) in [6.45, 7) is 3.50. The lowest BCUT2D eigenvalue weighted by molar-refractivity contribution is 0.0530. The zero-order valence-corrected chi connectivity index (χ0v) is 17.4. The first-order valence-corrected chi connectivity index (χ1v) is 10.8. The maximum Gasteiger partial charge on any atom is 0.268 e. The van der Waals surface area contributed by atoms with Crippen LogP contribution in [0, 0.1) is 0 Å². The molecule has 164 valence electrons. The Labute approximate surface area is 180 Å². The van der Waals surface area contributed by atoms with Gasteiger partial charge in [-0.2, -0.15) is 4.98 Å². The SMILES string of the molecule is N/C(=C\C=C(/N)N1CCOCC1)Nc1ncc2cc3n(c2n1)C1(CCCC1)CNC3=O. The molecule has 2 fully saturated rings. The highest BCUT2D eigenvalue weighted by Crippen LogP contribution is 2.41. The summed E-state index contributed by atoms with van der Waals surface area (Å²) in [7, 11) is 0. The maximum atomic E-state index is 12.5. The van der Waals surface area contributed by atoms with Gasteiger partial charge in [0.2, 0.25) is 5.95 Å². The molecule has 0 unspecified atom stereocenters. The van der Waals surface area contributed by atoms with Gasteiger partial charge in [-0.3, -0.25) is 4.79 Å². The fraction of sp³-hybridized carbons (Fsp3) is 0.476. The van der Waals surface area contributed by atoms with Crippen LogP contribution in [0.4, 0.5) is 5.95 Å². The molecule has 10 heteroatoms. The van der Waals surface area contributed by atoms with Crippen LogP contribution in [-0.2, 0) is 10.3 Å². The van der Waals surface area contributed by atoms with E-state index in [0.717, 1.165) is 49.8 Å².